The Balaban J connectivity index is 1.74. The summed E-state index contributed by atoms with van der Waals surface area (Å²) >= 11 is 0. The van der Waals surface area contributed by atoms with Crippen LogP contribution in [-0.2, 0) is 26.7 Å². The number of nitrogens with zero attached hydrogens (tertiary/aromatic N) is 1. The van der Waals surface area contributed by atoms with Crippen molar-refractivity contribution in [3.63, 3.8) is 0 Å². The zero-order valence-electron chi connectivity index (χ0n) is 20.2. The maximum atomic E-state index is 13.8. The van der Waals surface area contributed by atoms with E-state index in [-0.39, 0.29) is 30.9 Å². The highest BCUT2D eigenvalue weighted by Crippen LogP contribution is 2.47. The SMILES string of the molecule is Cc1cccc(C)c1N1CC(C(=O)Nc2cc(C(F)(F)F)cc(C(F)(F)F)c2)(C2CCOCC2)CC1=O. The quantitative estimate of drug-likeness (QED) is 0.486. The Labute approximate surface area is 209 Å². The summed E-state index contributed by atoms with van der Waals surface area (Å²) in [5, 5.41) is 2.31. The first kappa shape index (κ1) is 27.0. The topological polar surface area (TPSA) is 58.6 Å². The maximum Gasteiger partial charge on any atom is 0.416 e. The van der Waals surface area contributed by atoms with E-state index in [4.69, 9.17) is 4.74 Å². The standard InChI is InChI=1S/C26H26F6N2O3/c1-15-4-3-5-16(2)22(15)34-14-24(13-21(34)35,17-6-8-37-9-7-17)23(36)33-20-11-18(25(27,28)29)10-19(12-20)26(30,31)32/h3-5,10-12,17H,6-9,13-14H2,1-2H3,(H,33,36). The molecule has 5 nitrogen and oxygen atoms in total. The Morgan fingerprint density at radius 3 is 2.03 bits per heavy atom. The van der Waals surface area contributed by atoms with E-state index in [1.807, 2.05) is 32.0 Å². The average Bonchev–Trinajstić information content (AvgIpc) is 3.16. The molecule has 200 valence electrons. The largest absolute Gasteiger partial charge is 0.416 e. The second kappa shape index (κ2) is 9.66. The lowest BCUT2D eigenvalue weighted by Crippen LogP contribution is -2.46. The van der Waals surface area contributed by atoms with E-state index in [9.17, 15) is 35.9 Å². The number of amides is 2. The minimum Gasteiger partial charge on any atom is -0.381 e. The predicted molar refractivity (Wildman–Crippen MR) is 124 cm³/mol. The third-order valence-corrected chi connectivity index (χ3v) is 7.22. The smallest absolute Gasteiger partial charge is 0.381 e. The van der Waals surface area contributed by atoms with Crippen molar-refractivity contribution in [3.05, 3.63) is 58.7 Å². The second-order valence-corrected chi connectivity index (χ2v) is 9.69. The molecule has 2 heterocycles. The Morgan fingerprint density at radius 1 is 0.973 bits per heavy atom. The molecule has 11 heteroatoms. The normalized spacial score (nSPS) is 21.4. The van der Waals surface area contributed by atoms with Gasteiger partial charge in [-0.2, -0.15) is 26.3 Å². The first-order valence-electron chi connectivity index (χ1n) is 11.8. The van der Waals surface area contributed by atoms with E-state index in [1.54, 1.807) is 0 Å². The molecule has 1 unspecified atom stereocenters. The number of carbonyl (C=O) groups is 2. The molecule has 1 N–H and O–H groups in total. The van der Waals surface area contributed by atoms with Crippen LogP contribution in [0.2, 0.25) is 0 Å². The van der Waals surface area contributed by atoms with Gasteiger partial charge in [-0.25, -0.2) is 0 Å². The van der Waals surface area contributed by atoms with Crippen LogP contribution in [0.4, 0.5) is 37.7 Å². The van der Waals surface area contributed by atoms with Crippen LogP contribution in [0, 0.1) is 25.2 Å². The van der Waals surface area contributed by atoms with Crippen LogP contribution in [0.25, 0.3) is 0 Å². The van der Waals surface area contributed by atoms with Crippen LogP contribution in [0.1, 0.15) is 41.5 Å². The zero-order valence-corrected chi connectivity index (χ0v) is 20.2. The number of anilines is 2. The van der Waals surface area contributed by atoms with Gasteiger partial charge in [-0.1, -0.05) is 18.2 Å². The summed E-state index contributed by atoms with van der Waals surface area (Å²) in [6.07, 6.45) is -9.47. The van der Waals surface area contributed by atoms with E-state index < -0.39 is 40.5 Å². The van der Waals surface area contributed by atoms with Crippen molar-refractivity contribution in [2.45, 2.75) is 45.5 Å². The summed E-state index contributed by atoms with van der Waals surface area (Å²) in [4.78, 5) is 28.5. The van der Waals surface area contributed by atoms with Crippen LogP contribution >= 0.6 is 0 Å². The first-order chi connectivity index (χ1) is 17.2. The molecule has 1 atom stereocenters. The van der Waals surface area contributed by atoms with E-state index in [1.165, 1.54) is 4.90 Å². The van der Waals surface area contributed by atoms with Crippen molar-refractivity contribution >= 4 is 23.2 Å². The first-order valence-corrected chi connectivity index (χ1v) is 11.8. The predicted octanol–water partition coefficient (Wildman–Crippen LogP) is 6.13. The lowest BCUT2D eigenvalue weighted by molar-refractivity contribution is -0.143. The number of alkyl halides is 6. The molecule has 4 rings (SSSR count). The molecule has 37 heavy (non-hydrogen) atoms. The molecule has 0 radical (unpaired) electrons. The van der Waals surface area contributed by atoms with Crippen molar-refractivity contribution in [2.24, 2.45) is 11.3 Å². The molecule has 0 spiro atoms. The van der Waals surface area contributed by atoms with Gasteiger partial charge in [0, 0.05) is 37.6 Å². The van der Waals surface area contributed by atoms with Gasteiger partial charge < -0.3 is 15.0 Å². The van der Waals surface area contributed by atoms with Gasteiger partial charge in [-0.3, -0.25) is 9.59 Å². The van der Waals surface area contributed by atoms with Crippen LogP contribution in [0.5, 0.6) is 0 Å². The minimum absolute atomic E-state index is 0.00564. The summed E-state index contributed by atoms with van der Waals surface area (Å²) in [5.74, 6) is -1.47. The van der Waals surface area contributed by atoms with Gasteiger partial charge in [0.05, 0.1) is 16.5 Å². The van der Waals surface area contributed by atoms with Crippen molar-refractivity contribution in [1.29, 1.82) is 0 Å². The fraction of sp³-hybridized carbons (Fsp3) is 0.462. The lowest BCUT2D eigenvalue weighted by Gasteiger charge is -2.38. The number of aryl methyl sites for hydroxylation is 2. The number of ether oxygens (including phenoxy) is 1. The number of para-hydroxylation sites is 1. The van der Waals surface area contributed by atoms with Gasteiger partial charge in [0.15, 0.2) is 0 Å². The van der Waals surface area contributed by atoms with Gasteiger partial charge in [0.25, 0.3) is 0 Å². The molecule has 2 aromatic carbocycles. The molecule has 2 aliphatic rings. The number of rotatable bonds is 4. The zero-order chi connectivity index (χ0) is 27.2. The highest BCUT2D eigenvalue weighted by atomic mass is 19.4. The Kier molecular flexibility index (Phi) is 7.04. The van der Waals surface area contributed by atoms with Gasteiger partial charge in [0.1, 0.15) is 0 Å². The maximum absolute atomic E-state index is 13.8. The van der Waals surface area contributed by atoms with Crippen molar-refractivity contribution in [3.8, 4) is 0 Å². The fourth-order valence-electron chi connectivity index (χ4n) is 5.37. The molecule has 0 aliphatic carbocycles. The van der Waals surface area contributed by atoms with Crippen LogP contribution < -0.4 is 10.2 Å². The van der Waals surface area contributed by atoms with Gasteiger partial charge in [-0.15, -0.1) is 0 Å². The summed E-state index contributed by atoms with van der Waals surface area (Å²) in [7, 11) is 0. The third kappa shape index (κ3) is 5.32. The molecule has 2 saturated heterocycles. The Bertz CT molecular complexity index is 1150. The van der Waals surface area contributed by atoms with Crippen molar-refractivity contribution < 1.29 is 40.7 Å². The summed E-state index contributed by atoms with van der Waals surface area (Å²) in [6, 6.07) is 6.44. The van der Waals surface area contributed by atoms with Crippen LogP contribution in [0.3, 0.4) is 0 Å². The third-order valence-electron chi connectivity index (χ3n) is 7.22. The number of carbonyl (C=O) groups excluding carboxylic acids is 2. The average molecular weight is 528 g/mol. The molecule has 0 bridgehead atoms. The monoisotopic (exact) mass is 528 g/mol. The van der Waals surface area contributed by atoms with Crippen molar-refractivity contribution in [2.75, 3.05) is 30.0 Å². The van der Waals surface area contributed by atoms with Crippen LogP contribution in [-0.4, -0.2) is 31.6 Å². The number of halogens is 6. The summed E-state index contributed by atoms with van der Waals surface area (Å²) in [6.45, 7) is 4.27. The molecule has 2 aromatic rings. The van der Waals surface area contributed by atoms with Gasteiger partial charge in [0.2, 0.25) is 11.8 Å². The molecule has 2 aliphatic heterocycles. The minimum atomic E-state index is -5.05. The number of nitrogens with one attached hydrogen (secondary N) is 1. The molecule has 0 aromatic heterocycles. The lowest BCUT2D eigenvalue weighted by atomic mass is 9.70. The van der Waals surface area contributed by atoms with E-state index >= 15 is 0 Å². The molecule has 2 amide bonds. The number of benzene rings is 2. The van der Waals surface area contributed by atoms with E-state index in [0.717, 1.165) is 11.1 Å². The molecule has 2 fully saturated rings. The molecular weight excluding hydrogens is 502 g/mol. The van der Waals surface area contributed by atoms with E-state index in [0.29, 0.717) is 43.9 Å². The summed E-state index contributed by atoms with van der Waals surface area (Å²) < 4.78 is 85.6. The fourth-order valence-corrected chi connectivity index (χ4v) is 5.37. The van der Waals surface area contributed by atoms with Crippen molar-refractivity contribution in [1.82, 2.24) is 0 Å². The second-order valence-electron chi connectivity index (χ2n) is 9.69. The number of hydrogen-bond acceptors (Lipinski definition) is 3. The highest BCUT2D eigenvalue weighted by molar-refractivity contribution is 6.06. The molecular formula is C26H26F6N2O3. The highest BCUT2D eigenvalue weighted by Gasteiger charge is 2.54. The Morgan fingerprint density at radius 2 is 1.51 bits per heavy atom. The number of hydrogen-bond donors (Lipinski definition) is 1. The Hall–Kier alpha value is -3.08. The molecule has 0 saturated carbocycles. The summed E-state index contributed by atoms with van der Waals surface area (Å²) in [5.41, 5.74) is -2.78. The van der Waals surface area contributed by atoms with Gasteiger partial charge in [-0.05, 0) is 61.9 Å². The van der Waals surface area contributed by atoms with Crippen LogP contribution in [0.15, 0.2) is 36.4 Å². The van der Waals surface area contributed by atoms with E-state index in [2.05, 4.69) is 5.32 Å². The van der Waals surface area contributed by atoms with Gasteiger partial charge >= 0.3 is 12.4 Å².